The molecule has 1 aromatic heterocycles. The number of rotatable bonds is 6. The standard InChI is InChI=1S/C25H29NO2S/c1-25(2,3)19-12-10-18(11-13-19)22(27)24-23(20-8-4-5-9-21(20)29-24)28-17-16-26-14-6-7-15-26/h4-5,8-13H,6-7,14-17H2,1-3H3. The van der Waals surface area contributed by atoms with E-state index >= 15 is 0 Å². The Kier molecular flexibility index (Phi) is 5.75. The summed E-state index contributed by atoms with van der Waals surface area (Å²) in [5.41, 5.74) is 2.02. The van der Waals surface area contributed by atoms with Crippen molar-refractivity contribution in [1.82, 2.24) is 4.90 Å². The Labute approximate surface area is 177 Å². The van der Waals surface area contributed by atoms with Crippen LogP contribution in [0.3, 0.4) is 0 Å². The van der Waals surface area contributed by atoms with Gasteiger partial charge in [0.05, 0.1) is 0 Å². The minimum Gasteiger partial charge on any atom is -0.490 e. The van der Waals surface area contributed by atoms with E-state index in [2.05, 4.69) is 49.9 Å². The Bertz CT molecular complexity index is 992. The second-order valence-corrected chi connectivity index (χ2v) is 9.86. The molecule has 2 heterocycles. The zero-order valence-electron chi connectivity index (χ0n) is 17.5. The lowest BCUT2D eigenvalue weighted by Crippen LogP contribution is -2.25. The van der Waals surface area contributed by atoms with Crippen LogP contribution in [0, 0.1) is 0 Å². The molecule has 1 saturated heterocycles. The maximum absolute atomic E-state index is 13.3. The van der Waals surface area contributed by atoms with Gasteiger partial charge in [-0.15, -0.1) is 11.3 Å². The first kappa shape index (κ1) is 20.1. The van der Waals surface area contributed by atoms with Gasteiger partial charge in [-0.25, -0.2) is 0 Å². The molecular formula is C25H29NO2S. The van der Waals surface area contributed by atoms with Gasteiger partial charge in [-0.1, -0.05) is 57.2 Å². The number of fused-ring (bicyclic) bond motifs is 1. The average Bonchev–Trinajstić information content (AvgIpc) is 3.35. The molecule has 2 aromatic carbocycles. The summed E-state index contributed by atoms with van der Waals surface area (Å²) in [6.07, 6.45) is 2.55. The molecule has 0 radical (unpaired) electrons. The predicted molar refractivity (Wildman–Crippen MR) is 122 cm³/mol. The third-order valence-corrected chi connectivity index (χ3v) is 6.77. The molecule has 0 aliphatic carbocycles. The van der Waals surface area contributed by atoms with Crippen LogP contribution in [0.15, 0.2) is 48.5 Å². The molecule has 0 saturated carbocycles. The predicted octanol–water partition coefficient (Wildman–Crippen LogP) is 5.90. The van der Waals surface area contributed by atoms with Crippen molar-refractivity contribution < 1.29 is 9.53 Å². The van der Waals surface area contributed by atoms with Crippen molar-refractivity contribution in [2.75, 3.05) is 26.2 Å². The van der Waals surface area contributed by atoms with Crippen molar-refractivity contribution in [3.63, 3.8) is 0 Å². The normalized spacial score (nSPS) is 15.1. The molecule has 0 N–H and O–H groups in total. The van der Waals surface area contributed by atoms with Crippen LogP contribution >= 0.6 is 11.3 Å². The minimum atomic E-state index is 0.0443. The summed E-state index contributed by atoms with van der Waals surface area (Å²) in [5, 5.41) is 1.04. The second kappa shape index (κ2) is 8.29. The van der Waals surface area contributed by atoms with Crippen molar-refractivity contribution in [2.45, 2.75) is 39.0 Å². The van der Waals surface area contributed by atoms with Gasteiger partial charge >= 0.3 is 0 Å². The number of hydrogen-bond donors (Lipinski definition) is 0. The smallest absolute Gasteiger partial charge is 0.206 e. The number of ether oxygens (including phenoxy) is 1. The lowest BCUT2D eigenvalue weighted by Gasteiger charge is -2.19. The van der Waals surface area contributed by atoms with Gasteiger partial charge in [0.25, 0.3) is 0 Å². The van der Waals surface area contributed by atoms with Gasteiger partial charge in [-0.3, -0.25) is 9.69 Å². The molecule has 4 rings (SSSR count). The zero-order chi connectivity index (χ0) is 20.4. The van der Waals surface area contributed by atoms with Gasteiger partial charge in [0.15, 0.2) is 0 Å². The highest BCUT2D eigenvalue weighted by atomic mass is 32.1. The van der Waals surface area contributed by atoms with Crippen LogP contribution in [-0.2, 0) is 5.41 Å². The van der Waals surface area contributed by atoms with Crippen LogP contribution < -0.4 is 4.74 Å². The van der Waals surface area contributed by atoms with Gasteiger partial charge in [0, 0.05) is 22.2 Å². The fraction of sp³-hybridized carbons (Fsp3) is 0.400. The number of likely N-dealkylation sites (tertiary alicyclic amines) is 1. The second-order valence-electron chi connectivity index (χ2n) is 8.81. The molecule has 0 atom stereocenters. The summed E-state index contributed by atoms with van der Waals surface area (Å²) < 4.78 is 7.32. The summed E-state index contributed by atoms with van der Waals surface area (Å²) in [6.45, 7) is 10.4. The van der Waals surface area contributed by atoms with Crippen molar-refractivity contribution >= 4 is 27.2 Å². The largest absolute Gasteiger partial charge is 0.490 e. The first-order chi connectivity index (χ1) is 13.9. The fourth-order valence-corrected chi connectivity index (χ4v) is 4.96. The molecule has 3 nitrogen and oxygen atoms in total. The molecule has 0 spiro atoms. The van der Waals surface area contributed by atoms with E-state index in [0.29, 0.717) is 17.0 Å². The Morgan fingerprint density at radius 3 is 2.41 bits per heavy atom. The summed E-state index contributed by atoms with van der Waals surface area (Å²) in [5.74, 6) is 0.789. The number of hydrogen-bond acceptors (Lipinski definition) is 4. The first-order valence-corrected chi connectivity index (χ1v) is 11.3. The molecule has 152 valence electrons. The average molecular weight is 408 g/mol. The molecule has 0 amide bonds. The highest BCUT2D eigenvalue weighted by Gasteiger charge is 2.22. The number of ketones is 1. The highest BCUT2D eigenvalue weighted by molar-refractivity contribution is 7.21. The fourth-order valence-electron chi connectivity index (χ4n) is 3.85. The third-order valence-electron chi connectivity index (χ3n) is 5.62. The van der Waals surface area contributed by atoms with Crippen LogP contribution in [-0.4, -0.2) is 36.9 Å². The van der Waals surface area contributed by atoms with Crippen molar-refractivity contribution in [3.05, 3.63) is 64.5 Å². The van der Waals surface area contributed by atoms with E-state index in [4.69, 9.17) is 4.74 Å². The van der Waals surface area contributed by atoms with Crippen molar-refractivity contribution in [3.8, 4) is 5.75 Å². The SMILES string of the molecule is CC(C)(C)c1ccc(C(=O)c2sc3ccccc3c2OCCN2CCCC2)cc1. The van der Waals surface area contributed by atoms with E-state index in [1.807, 2.05) is 24.3 Å². The first-order valence-electron chi connectivity index (χ1n) is 10.5. The maximum Gasteiger partial charge on any atom is 0.206 e. The Morgan fingerprint density at radius 2 is 1.72 bits per heavy atom. The van der Waals surface area contributed by atoms with Crippen LogP contribution in [0.1, 0.15) is 54.4 Å². The summed E-state index contributed by atoms with van der Waals surface area (Å²) in [6, 6.07) is 16.2. The Morgan fingerprint density at radius 1 is 1.03 bits per heavy atom. The van der Waals surface area contributed by atoms with E-state index in [-0.39, 0.29) is 11.2 Å². The van der Waals surface area contributed by atoms with Crippen LogP contribution in [0.4, 0.5) is 0 Å². The lowest BCUT2D eigenvalue weighted by molar-refractivity contribution is 0.103. The number of thiophene rings is 1. The molecule has 1 fully saturated rings. The number of carbonyl (C=O) groups is 1. The molecule has 3 aromatic rings. The highest BCUT2D eigenvalue weighted by Crippen LogP contribution is 2.39. The minimum absolute atomic E-state index is 0.0443. The van der Waals surface area contributed by atoms with Crippen LogP contribution in [0.5, 0.6) is 5.75 Å². The monoisotopic (exact) mass is 407 g/mol. The lowest BCUT2D eigenvalue weighted by atomic mass is 9.86. The van der Waals surface area contributed by atoms with Crippen LogP contribution in [0.2, 0.25) is 0 Å². The topological polar surface area (TPSA) is 29.5 Å². The summed E-state index contributed by atoms with van der Waals surface area (Å²) >= 11 is 1.53. The molecule has 1 aliphatic rings. The zero-order valence-corrected chi connectivity index (χ0v) is 18.3. The number of nitrogens with zero attached hydrogens (tertiary/aromatic N) is 1. The molecular weight excluding hydrogens is 378 g/mol. The van der Waals surface area contributed by atoms with Crippen LogP contribution in [0.25, 0.3) is 10.1 Å². The van der Waals surface area contributed by atoms with Gasteiger partial charge in [0.2, 0.25) is 5.78 Å². The molecule has 0 unspecified atom stereocenters. The van der Waals surface area contributed by atoms with Gasteiger partial charge in [-0.05, 0) is 49.0 Å². The number of benzene rings is 2. The van der Waals surface area contributed by atoms with E-state index in [9.17, 15) is 4.79 Å². The molecule has 0 bridgehead atoms. The van der Waals surface area contributed by atoms with Crippen molar-refractivity contribution in [1.29, 1.82) is 0 Å². The maximum atomic E-state index is 13.3. The van der Waals surface area contributed by atoms with E-state index in [0.717, 1.165) is 35.5 Å². The van der Waals surface area contributed by atoms with Gasteiger partial charge in [0.1, 0.15) is 17.2 Å². The molecule has 29 heavy (non-hydrogen) atoms. The third kappa shape index (κ3) is 4.39. The van der Waals surface area contributed by atoms with E-state index in [1.165, 1.54) is 29.7 Å². The summed E-state index contributed by atoms with van der Waals surface area (Å²) in [7, 11) is 0. The van der Waals surface area contributed by atoms with E-state index in [1.54, 1.807) is 0 Å². The van der Waals surface area contributed by atoms with Crippen molar-refractivity contribution in [2.24, 2.45) is 0 Å². The number of carbonyl (C=O) groups excluding carboxylic acids is 1. The Hall–Kier alpha value is -2.17. The van der Waals surface area contributed by atoms with Gasteiger partial charge < -0.3 is 4.74 Å². The Balaban J connectivity index is 1.60. The summed E-state index contributed by atoms with van der Waals surface area (Å²) in [4.78, 5) is 16.5. The van der Waals surface area contributed by atoms with Gasteiger partial charge in [-0.2, -0.15) is 0 Å². The quantitative estimate of drug-likeness (QED) is 0.476. The molecule has 4 heteroatoms. The molecule has 1 aliphatic heterocycles. The van der Waals surface area contributed by atoms with E-state index < -0.39 is 0 Å².